The van der Waals surface area contributed by atoms with E-state index in [1.165, 1.54) is 5.57 Å². The van der Waals surface area contributed by atoms with Gasteiger partial charge in [0.15, 0.2) is 0 Å². The fraction of sp³-hybridized carbons (Fsp3) is 0.0800. The zero-order chi connectivity index (χ0) is 37.1. The predicted molar refractivity (Wildman–Crippen MR) is 230 cm³/mol. The minimum atomic E-state index is 0.633. The number of ether oxygens (including phenoxy) is 1. The number of hydrogen-bond donors (Lipinski definition) is 2. The lowest BCUT2D eigenvalue weighted by Crippen LogP contribution is -1.96. The largest absolute Gasteiger partial charge is 0.493 e. The van der Waals surface area contributed by atoms with Crippen LogP contribution in [0, 0.1) is 0 Å². The van der Waals surface area contributed by atoms with Crippen molar-refractivity contribution in [2.24, 2.45) is 0 Å². The molecule has 9 rings (SSSR count). The zero-order valence-corrected chi connectivity index (χ0v) is 30.9. The molecule has 4 aromatic carbocycles. The number of aromatic nitrogens is 4. The molecule has 0 radical (unpaired) electrons. The highest BCUT2D eigenvalue weighted by Gasteiger charge is 2.19. The summed E-state index contributed by atoms with van der Waals surface area (Å²) in [5.74, 6) is 0.842. The Bertz CT molecular complexity index is 2730. The van der Waals surface area contributed by atoms with E-state index in [1.807, 2.05) is 18.2 Å². The number of nitrogens with zero attached hydrogens (tertiary/aromatic N) is 2. The number of allylic oxidation sites excluding steroid dienone is 1. The molecule has 8 bridgehead atoms. The molecule has 0 spiro atoms. The van der Waals surface area contributed by atoms with E-state index in [9.17, 15) is 0 Å². The zero-order valence-electron chi connectivity index (χ0n) is 30.9. The van der Waals surface area contributed by atoms with Gasteiger partial charge < -0.3 is 14.7 Å². The van der Waals surface area contributed by atoms with Gasteiger partial charge in [0.25, 0.3) is 0 Å². The van der Waals surface area contributed by atoms with Crippen molar-refractivity contribution in [3.8, 4) is 50.3 Å². The lowest BCUT2D eigenvalue weighted by atomic mass is 10.0. The maximum Gasteiger partial charge on any atom is 0.119 e. The standard InChI is InChI=1S/C50H40N4O/c1-33(2)13-12-32-55-38-22-20-37(21-23-38)50-45-30-28-43(53-45)48(35-16-8-4-9-17-35)41-26-24-39(51-41)47(34-14-6-3-7-15-34)40-25-27-42(52-40)49(36-18-10-5-11-19-36)44-29-31-46(50)54-44/h3-11,13-31,51,54H,12,32H2,1-2H3. The average molecular weight is 713 g/mol. The van der Waals surface area contributed by atoms with Crippen molar-refractivity contribution in [3.05, 3.63) is 174 Å². The summed E-state index contributed by atoms with van der Waals surface area (Å²) in [4.78, 5) is 18.4. The quantitative estimate of drug-likeness (QED) is 0.122. The van der Waals surface area contributed by atoms with Gasteiger partial charge >= 0.3 is 0 Å². The highest BCUT2D eigenvalue weighted by atomic mass is 16.5. The fourth-order valence-electron chi connectivity index (χ4n) is 7.48. The highest BCUT2D eigenvalue weighted by molar-refractivity contribution is 5.99. The van der Waals surface area contributed by atoms with Crippen molar-refractivity contribution >= 4 is 46.4 Å². The molecule has 7 aromatic rings. The van der Waals surface area contributed by atoms with Gasteiger partial charge in [0.2, 0.25) is 0 Å². The average Bonchev–Trinajstić information content (AvgIpc) is 4.06. The van der Waals surface area contributed by atoms with Crippen LogP contribution in [0.3, 0.4) is 0 Å². The fourth-order valence-corrected chi connectivity index (χ4v) is 7.48. The maximum atomic E-state index is 6.11. The predicted octanol–water partition coefficient (Wildman–Crippen LogP) is 13.1. The molecular formula is C50H40N4O. The second-order valence-corrected chi connectivity index (χ2v) is 14.0. The van der Waals surface area contributed by atoms with E-state index in [0.29, 0.717) is 6.61 Å². The molecule has 0 fully saturated rings. The van der Waals surface area contributed by atoms with Crippen molar-refractivity contribution in [1.29, 1.82) is 0 Å². The Morgan fingerprint density at radius 3 is 1.15 bits per heavy atom. The third-order valence-corrected chi connectivity index (χ3v) is 10.0. The molecule has 55 heavy (non-hydrogen) atoms. The van der Waals surface area contributed by atoms with Crippen LogP contribution in [0.1, 0.15) is 43.0 Å². The van der Waals surface area contributed by atoms with Crippen LogP contribution in [0.4, 0.5) is 0 Å². The van der Waals surface area contributed by atoms with Crippen molar-refractivity contribution in [2.45, 2.75) is 20.3 Å². The monoisotopic (exact) mass is 712 g/mol. The van der Waals surface area contributed by atoms with Crippen LogP contribution >= 0.6 is 0 Å². The van der Waals surface area contributed by atoms with Gasteiger partial charge in [-0.2, -0.15) is 0 Å². The molecular weight excluding hydrogens is 673 g/mol. The van der Waals surface area contributed by atoms with Crippen molar-refractivity contribution in [2.75, 3.05) is 6.61 Å². The Balaban J connectivity index is 1.36. The molecule has 0 amide bonds. The van der Waals surface area contributed by atoms with Gasteiger partial charge in [-0.05, 0) is 103 Å². The van der Waals surface area contributed by atoms with Crippen LogP contribution in [-0.4, -0.2) is 26.5 Å². The lowest BCUT2D eigenvalue weighted by Gasteiger charge is -2.08. The summed E-state index contributed by atoms with van der Waals surface area (Å²) >= 11 is 0. The molecule has 0 aliphatic carbocycles. The topological polar surface area (TPSA) is 66.6 Å². The van der Waals surface area contributed by atoms with E-state index in [2.05, 4.69) is 176 Å². The van der Waals surface area contributed by atoms with Gasteiger partial charge in [-0.15, -0.1) is 0 Å². The number of benzene rings is 4. The third kappa shape index (κ3) is 6.84. The number of nitrogens with one attached hydrogen (secondary N) is 2. The molecule has 5 nitrogen and oxygen atoms in total. The van der Waals surface area contributed by atoms with E-state index in [0.717, 1.165) is 102 Å². The van der Waals surface area contributed by atoms with E-state index < -0.39 is 0 Å². The summed E-state index contributed by atoms with van der Waals surface area (Å²) in [7, 11) is 0. The van der Waals surface area contributed by atoms with Gasteiger partial charge in [-0.3, -0.25) is 0 Å². The molecule has 2 N–H and O–H groups in total. The van der Waals surface area contributed by atoms with Crippen LogP contribution < -0.4 is 4.74 Å². The van der Waals surface area contributed by atoms with Gasteiger partial charge in [-0.1, -0.05) is 115 Å². The summed E-state index contributed by atoms with van der Waals surface area (Å²) in [5.41, 5.74) is 17.1. The van der Waals surface area contributed by atoms with Crippen LogP contribution in [0.2, 0.25) is 0 Å². The minimum Gasteiger partial charge on any atom is -0.493 e. The second-order valence-electron chi connectivity index (χ2n) is 14.0. The number of hydrogen-bond acceptors (Lipinski definition) is 3. The van der Waals surface area contributed by atoms with E-state index in [-0.39, 0.29) is 0 Å². The normalized spacial score (nSPS) is 11.8. The summed E-state index contributed by atoms with van der Waals surface area (Å²) < 4.78 is 6.11. The first kappa shape index (κ1) is 33.8. The summed E-state index contributed by atoms with van der Waals surface area (Å²) in [5, 5.41) is 0. The summed E-state index contributed by atoms with van der Waals surface area (Å²) in [6.07, 6.45) is 11.6. The lowest BCUT2D eigenvalue weighted by molar-refractivity contribution is 0.324. The van der Waals surface area contributed by atoms with E-state index in [4.69, 9.17) is 14.7 Å². The molecule has 2 aliphatic rings. The molecule has 0 atom stereocenters. The van der Waals surface area contributed by atoms with Crippen LogP contribution in [-0.2, 0) is 0 Å². The Kier molecular flexibility index (Phi) is 9.10. The highest BCUT2D eigenvalue weighted by Crippen LogP contribution is 2.38. The number of aromatic amines is 2. The van der Waals surface area contributed by atoms with Crippen LogP contribution in [0.15, 0.2) is 151 Å². The summed E-state index contributed by atoms with van der Waals surface area (Å²) in [6, 6.07) is 48.5. The van der Waals surface area contributed by atoms with Crippen LogP contribution in [0.5, 0.6) is 5.75 Å². The van der Waals surface area contributed by atoms with E-state index in [1.54, 1.807) is 0 Å². The SMILES string of the molecule is CC(C)=CCCOc1ccc(-c2c3nc(c(-c4ccccc4)c4ccc([nH]4)c(-c4ccccc4)c4nc(c(-c5ccccc5)c5ccc2[nH]5)C=C4)C=C3)cc1. The molecule has 5 heterocycles. The van der Waals surface area contributed by atoms with Crippen molar-refractivity contribution < 1.29 is 4.74 Å². The number of rotatable bonds is 8. The first-order valence-electron chi connectivity index (χ1n) is 18.8. The molecule has 0 unspecified atom stereocenters. The second kappa shape index (κ2) is 14.8. The number of fused-ring (bicyclic) bond motifs is 8. The Morgan fingerprint density at radius 1 is 0.455 bits per heavy atom. The molecule has 5 heteroatoms. The Morgan fingerprint density at radius 2 is 0.800 bits per heavy atom. The maximum absolute atomic E-state index is 6.11. The van der Waals surface area contributed by atoms with Gasteiger partial charge in [0, 0.05) is 44.3 Å². The Labute approximate surface area is 321 Å². The van der Waals surface area contributed by atoms with E-state index >= 15 is 0 Å². The Hall–Kier alpha value is -6.98. The molecule has 3 aromatic heterocycles. The van der Waals surface area contributed by atoms with Crippen molar-refractivity contribution in [1.82, 2.24) is 19.9 Å². The van der Waals surface area contributed by atoms with Gasteiger partial charge in [0.1, 0.15) is 5.75 Å². The smallest absolute Gasteiger partial charge is 0.119 e. The van der Waals surface area contributed by atoms with Crippen LogP contribution in [0.25, 0.3) is 90.9 Å². The van der Waals surface area contributed by atoms with Crippen molar-refractivity contribution in [3.63, 3.8) is 0 Å². The minimum absolute atomic E-state index is 0.633. The summed E-state index contributed by atoms with van der Waals surface area (Å²) in [6.45, 7) is 4.86. The molecule has 0 saturated heterocycles. The van der Waals surface area contributed by atoms with Gasteiger partial charge in [0.05, 0.1) is 29.4 Å². The molecule has 2 aliphatic heterocycles. The van der Waals surface area contributed by atoms with Gasteiger partial charge in [-0.25, -0.2) is 9.97 Å². The molecule has 0 saturated carbocycles. The first-order chi connectivity index (χ1) is 27.1. The molecule has 266 valence electrons. The first-order valence-corrected chi connectivity index (χ1v) is 18.8. The number of H-pyrrole nitrogens is 2. The third-order valence-electron chi connectivity index (χ3n) is 10.0.